The van der Waals surface area contributed by atoms with Crippen LogP contribution in [0.25, 0.3) is 0 Å². The number of carbonyl (C=O) groups is 1. The van der Waals surface area contributed by atoms with Gasteiger partial charge in [0, 0.05) is 6.42 Å². The molecule has 0 aromatic carbocycles. The highest BCUT2D eigenvalue weighted by atomic mass is 31.2. The number of amides is 1. The molecular weight excluding hydrogens is 744 g/mol. The Kier molecular flexibility index (Phi) is 41.0. The Morgan fingerprint density at radius 3 is 1.28 bits per heavy atom. The highest BCUT2D eigenvalue weighted by molar-refractivity contribution is 7.47. The van der Waals surface area contributed by atoms with Crippen molar-refractivity contribution in [3.63, 3.8) is 0 Å². The number of nitrogens with one attached hydrogen (secondary N) is 1. The van der Waals surface area contributed by atoms with Crippen LogP contribution in [-0.2, 0) is 18.4 Å². The minimum Gasteiger partial charge on any atom is -0.387 e. The van der Waals surface area contributed by atoms with Crippen LogP contribution >= 0.6 is 7.82 Å². The summed E-state index contributed by atoms with van der Waals surface area (Å²) >= 11 is 0. The minimum atomic E-state index is -4.33. The summed E-state index contributed by atoms with van der Waals surface area (Å²) in [6, 6.07) is -0.840. The molecule has 0 saturated carbocycles. The van der Waals surface area contributed by atoms with E-state index in [0.29, 0.717) is 17.4 Å². The average molecular weight is 844 g/mol. The topological polar surface area (TPSA) is 105 Å². The zero-order valence-electron chi connectivity index (χ0n) is 39.3. The number of phosphoric acid groups is 1. The molecule has 3 N–H and O–H groups in total. The third-order valence-electron chi connectivity index (χ3n) is 11.5. The number of carbonyl (C=O) groups excluding carboxylic acids is 1. The van der Waals surface area contributed by atoms with Crippen molar-refractivity contribution in [2.45, 2.75) is 257 Å². The standard InChI is InChI=1S/C49H99N2O6P/c1-6-8-10-12-14-16-18-20-22-24-25-26-27-29-31-33-35-37-39-41-43-49(53)50-47(46-57-58(54,55)56-45-44-51(3,4)5)48(52)42-40-38-36-34-32-30-28-23-21-19-17-15-13-11-9-7-2/h40,42,47-48,52H,6-39,41,43-46H2,1-5H3,(H-,50,53,54,55)/p+1/b42-40+/t47-,48+/m0/s1. The van der Waals surface area contributed by atoms with Crippen LogP contribution < -0.4 is 5.32 Å². The Morgan fingerprint density at radius 2 is 0.914 bits per heavy atom. The molecule has 0 radical (unpaired) electrons. The predicted molar refractivity (Wildman–Crippen MR) is 249 cm³/mol. The Balaban J connectivity index is 4.28. The van der Waals surface area contributed by atoms with E-state index in [4.69, 9.17) is 9.05 Å². The van der Waals surface area contributed by atoms with Crippen LogP contribution in [-0.4, -0.2) is 73.4 Å². The van der Waals surface area contributed by atoms with Gasteiger partial charge < -0.3 is 19.8 Å². The zero-order valence-corrected chi connectivity index (χ0v) is 40.2. The van der Waals surface area contributed by atoms with E-state index in [0.717, 1.165) is 32.1 Å². The van der Waals surface area contributed by atoms with Gasteiger partial charge in [0.05, 0.1) is 39.9 Å². The Bertz CT molecular complexity index is 958. The molecule has 8 nitrogen and oxygen atoms in total. The normalized spacial score (nSPS) is 14.3. The number of unbranched alkanes of at least 4 members (excludes halogenated alkanes) is 33. The summed E-state index contributed by atoms with van der Waals surface area (Å²) in [5, 5.41) is 13.9. The molecule has 0 rings (SSSR count). The number of nitrogens with zero attached hydrogens (tertiary/aromatic N) is 1. The lowest BCUT2D eigenvalue weighted by Crippen LogP contribution is -2.45. The van der Waals surface area contributed by atoms with Crippen molar-refractivity contribution in [3.05, 3.63) is 12.2 Å². The summed E-state index contributed by atoms with van der Waals surface area (Å²) in [5.74, 6) is -0.172. The van der Waals surface area contributed by atoms with Gasteiger partial charge in [0.15, 0.2) is 0 Å². The summed E-state index contributed by atoms with van der Waals surface area (Å²) in [4.78, 5) is 23.2. The number of allylic oxidation sites excluding steroid dienone is 1. The molecule has 9 heteroatoms. The molecule has 346 valence electrons. The first-order chi connectivity index (χ1) is 28.0. The fourth-order valence-corrected chi connectivity index (χ4v) is 8.25. The average Bonchev–Trinajstić information content (AvgIpc) is 3.17. The van der Waals surface area contributed by atoms with E-state index in [1.165, 1.54) is 193 Å². The molecule has 0 aromatic rings. The number of quaternary nitrogens is 1. The molecule has 3 atom stereocenters. The monoisotopic (exact) mass is 844 g/mol. The van der Waals surface area contributed by atoms with E-state index in [-0.39, 0.29) is 19.1 Å². The number of likely N-dealkylation sites (N-methyl/N-ethyl adjacent to an activating group) is 1. The Morgan fingerprint density at radius 1 is 0.569 bits per heavy atom. The van der Waals surface area contributed by atoms with Crippen LogP contribution in [0.5, 0.6) is 0 Å². The van der Waals surface area contributed by atoms with Crippen LogP contribution in [0.2, 0.25) is 0 Å². The largest absolute Gasteiger partial charge is 0.472 e. The van der Waals surface area contributed by atoms with Crippen molar-refractivity contribution in [3.8, 4) is 0 Å². The number of aliphatic hydroxyl groups excluding tert-OH is 1. The molecule has 0 aliphatic heterocycles. The van der Waals surface area contributed by atoms with Crippen molar-refractivity contribution >= 4 is 13.7 Å². The van der Waals surface area contributed by atoms with Gasteiger partial charge in [-0.05, 0) is 19.3 Å². The third kappa shape index (κ3) is 43.3. The van der Waals surface area contributed by atoms with Gasteiger partial charge in [-0.2, -0.15) is 0 Å². The summed E-state index contributed by atoms with van der Waals surface area (Å²) in [5.41, 5.74) is 0. The first-order valence-corrected chi connectivity index (χ1v) is 26.6. The molecule has 0 saturated heterocycles. The number of phosphoric ester groups is 1. The molecular formula is C49H100N2O6P+. The fraction of sp³-hybridized carbons (Fsp3) is 0.939. The van der Waals surface area contributed by atoms with Crippen molar-refractivity contribution in [1.82, 2.24) is 5.32 Å². The van der Waals surface area contributed by atoms with Gasteiger partial charge in [-0.15, -0.1) is 0 Å². The van der Waals surface area contributed by atoms with E-state index in [1.54, 1.807) is 6.08 Å². The molecule has 0 heterocycles. The smallest absolute Gasteiger partial charge is 0.387 e. The lowest BCUT2D eigenvalue weighted by atomic mass is 10.0. The van der Waals surface area contributed by atoms with Crippen molar-refractivity contribution < 1.29 is 32.9 Å². The second-order valence-electron chi connectivity index (χ2n) is 18.6. The maximum absolute atomic E-state index is 12.9. The molecule has 1 amide bonds. The number of hydrogen-bond acceptors (Lipinski definition) is 5. The minimum absolute atomic E-state index is 0.0649. The second-order valence-corrected chi connectivity index (χ2v) is 20.0. The van der Waals surface area contributed by atoms with Gasteiger partial charge in [0.2, 0.25) is 5.91 Å². The molecule has 1 unspecified atom stereocenters. The molecule has 0 bridgehead atoms. The van der Waals surface area contributed by atoms with Crippen LogP contribution in [0.3, 0.4) is 0 Å². The van der Waals surface area contributed by atoms with Gasteiger partial charge in [-0.25, -0.2) is 4.57 Å². The first kappa shape index (κ1) is 57.2. The maximum atomic E-state index is 12.9. The molecule has 0 aliphatic carbocycles. The summed E-state index contributed by atoms with van der Waals surface area (Å²) < 4.78 is 23.6. The van der Waals surface area contributed by atoms with Gasteiger partial charge >= 0.3 is 7.82 Å². The van der Waals surface area contributed by atoms with Gasteiger partial charge in [-0.3, -0.25) is 13.8 Å². The molecule has 0 aliphatic rings. The summed E-state index contributed by atoms with van der Waals surface area (Å²) in [6.07, 6.45) is 48.5. The second kappa shape index (κ2) is 41.6. The first-order valence-electron chi connectivity index (χ1n) is 25.1. The zero-order chi connectivity index (χ0) is 42.8. The summed E-state index contributed by atoms with van der Waals surface area (Å²) in [6.45, 7) is 4.85. The molecule has 0 aromatic heterocycles. The van der Waals surface area contributed by atoms with Gasteiger partial charge in [-0.1, -0.05) is 231 Å². The Labute approximate surface area is 361 Å². The van der Waals surface area contributed by atoms with E-state index in [2.05, 4.69) is 19.2 Å². The van der Waals surface area contributed by atoms with Gasteiger partial charge in [0.25, 0.3) is 0 Å². The van der Waals surface area contributed by atoms with E-state index in [1.807, 2.05) is 27.2 Å². The fourth-order valence-electron chi connectivity index (χ4n) is 7.51. The van der Waals surface area contributed by atoms with E-state index < -0.39 is 20.0 Å². The SMILES string of the molecule is CCCCCCCCCCCCCCCC/C=C/[C@@H](O)[C@H](COP(=O)(O)OCC[N+](C)(C)C)NC(=O)CCCCCCCCCCCCCCCCCCCCCC. The van der Waals surface area contributed by atoms with E-state index in [9.17, 15) is 19.4 Å². The highest BCUT2D eigenvalue weighted by Gasteiger charge is 2.27. The van der Waals surface area contributed by atoms with Crippen molar-refractivity contribution in [2.75, 3.05) is 40.9 Å². The van der Waals surface area contributed by atoms with Crippen LogP contribution in [0.15, 0.2) is 12.2 Å². The van der Waals surface area contributed by atoms with Crippen LogP contribution in [0.1, 0.15) is 245 Å². The third-order valence-corrected chi connectivity index (χ3v) is 12.5. The number of aliphatic hydroxyl groups is 1. The Hall–Kier alpha value is -0.760. The van der Waals surface area contributed by atoms with Crippen LogP contribution in [0.4, 0.5) is 0 Å². The number of hydrogen-bond donors (Lipinski definition) is 3. The highest BCUT2D eigenvalue weighted by Crippen LogP contribution is 2.43. The quantitative estimate of drug-likeness (QED) is 0.0244. The van der Waals surface area contributed by atoms with Crippen LogP contribution in [0, 0.1) is 0 Å². The maximum Gasteiger partial charge on any atom is 0.472 e. The van der Waals surface area contributed by atoms with Crippen molar-refractivity contribution in [2.24, 2.45) is 0 Å². The molecule has 58 heavy (non-hydrogen) atoms. The lowest BCUT2D eigenvalue weighted by Gasteiger charge is -2.25. The number of rotatable bonds is 46. The molecule has 0 spiro atoms. The lowest BCUT2D eigenvalue weighted by molar-refractivity contribution is -0.870. The van der Waals surface area contributed by atoms with Crippen molar-refractivity contribution in [1.29, 1.82) is 0 Å². The van der Waals surface area contributed by atoms with E-state index >= 15 is 0 Å². The predicted octanol–water partition coefficient (Wildman–Crippen LogP) is 14.3. The summed E-state index contributed by atoms with van der Waals surface area (Å²) in [7, 11) is 1.59. The van der Waals surface area contributed by atoms with Gasteiger partial charge in [0.1, 0.15) is 13.2 Å². The molecule has 0 fully saturated rings.